The van der Waals surface area contributed by atoms with E-state index >= 15 is 0 Å². The summed E-state index contributed by atoms with van der Waals surface area (Å²) < 4.78 is 4.96. The van der Waals surface area contributed by atoms with Crippen molar-refractivity contribution in [1.29, 1.82) is 0 Å². The predicted octanol–water partition coefficient (Wildman–Crippen LogP) is 1.65. The Morgan fingerprint density at radius 1 is 1.71 bits per heavy atom. The van der Waals surface area contributed by atoms with E-state index in [4.69, 9.17) is 4.42 Å². The topological polar surface area (TPSA) is 13.1 Å². The van der Waals surface area contributed by atoms with Crippen LogP contribution in [0.25, 0.3) is 0 Å². The fourth-order valence-electron chi connectivity index (χ4n) is 0.429. The molecule has 0 aliphatic rings. The summed E-state index contributed by atoms with van der Waals surface area (Å²) in [5, 5.41) is 0. The highest BCUT2D eigenvalue weighted by Gasteiger charge is 1.84. The minimum atomic E-state index is 0.910. The molecule has 38 valence electrons. The Kier molecular flexibility index (Phi) is 1.48. The van der Waals surface area contributed by atoms with Crippen LogP contribution in [0.1, 0.15) is 5.76 Å². The van der Waals surface area contributed by atoms with Crippen molar-refractivity contribution in [1.82, 2.24) is 0 Å². The van der Waals surface area contributed by atoms with Crippen molar-refractivity contribution < 1.29 is 4.42 Å². The summed E-state index contributed by atoms with van der Waals surface area (Å²) in [4.78, 5) is 0. The monoisotopic (exact) mass is 114 g/mol. The van der Waals surface area contributed by atoms with Crippen molar-refractivity contribution in [3.63, 3.8) is 0 Å². The van der Waals surface area contributed by atoms with Crippen LogP contribution in [0.15, 0.2) is 22.8 Å². The van der Waals surface area contributed by atoms with Gasteiger partial charge in [-0.25, -0.2) is 0 Å². The molecule has 0 spiro atoms. The van der Waals surface area contributed by atoms with Crippen molar-refractivity contribution in [2.24, 2.45) is 0 Å². The van der Waals surface area contributed by atoms with Crippen LogP contribution in [0.4, 0.5) is 0 Å². The molecule has 1 aromatic heterocycles. The summed E-state index contributed by atoms with van der Waals surface area (Å²) in [6.07, 6.45) is 2.59. The van der Waals surface area contributed by atoms with Crippen LogP contribution in [0.5, 0.6) is 0 Å². The first-order valence-electron chi connectivity index (χ1n) is 2.16. The smallest absolute Gasteiger partial charge is 0.107 e. The third kappa shape index (κ3) is 1.04. The fraction of sp³-hybridized carbons (Fsp3) is 0.200. The van der Waals surface area contributed by atoms with Crippen LogP contribution < -0.4 is 0 Å². The maximum atomic E-state index is 4.96. The maximum absolute atomic E-state index is 4.96. The summed E-state index contributed by atoms with van der Waals surface area (Å²) in [6.45, 7) is 0. The number of hydrogen-bond acceptors (Lipinski definition) is 1. The summed E-state index contributed by atoms with van der Waals surface area (Å²) in [6, 6.07) is 3.84. The molecule has 0 aromatic carbocycles. The van der Waals surface area contributed by atoms with Gasteiger partial charge >= 0.3 is 0 Å². The van der Waals surface area contributed by atoms with E-state index in [1.807, 2.05) is 12.1 Å². The van der Waals surface area contributed by atoms with Gasteiger partial charge in [0.15, 0.2) is 0 Å². The average molecular weight is 114 g/mol. The van der Waals surface area contributed by atoms with E-state index in [0.717, 1.165) is 11.9 Å². The number of rotatable bonds is 1. The zero-order chi connectivity index (χ0) is 5.11. The fourth-order valence-corrected chi connectivity index (χ4v) is 0.661. The number of hydrogen-bond donors (Lipinski definition) is 0. The third-order valence-electron chi connectivity index (χ3n) is 0.781. The second-order valence-corrected chi connectivity index (χ2v) is 1.69. The molecule has 0 aliphatic heterocycles. The Bertz CT molecular complexity index is 123. The first-order chi connectivity index (χ1) is 3.43. The molecule has 0 N–H and O–H groups in total. The Labute approximate surface area is 44.9 Å². The largest absolute Gasteiger partial charge is 0.469 e. The molecule has 0 radical (unpaired) electrons. The molecule has 1 nitrogen and oxygen atoms in total. The van der Waals surface area contributed by atoms with Gasteiger partial charge in [-0.2, -0.15) is 0 Å². The van der Waals surface area contributed by atoms with Gasteiger partial charge in [0, 0.05) is 6.16 Å². The molecule has 1 heterocycles. The highest BCUT2D eigenvalue weighted by molar-refractivity contribution is 7.15. The van der Waals surface area contributed by atoms with Gasteiger partial charge in [0.25, 0.3) is 0 Å². The lowest BCUT2D eigenvalue weighted by molar-refractivity contribution is 0.530. The maximum Gasteiger partial charge on any atom is 0.107 e. The van der Waals surface area contributed by atoms with Gasteiger partial charge < -0.3 is 4.42 Å². The molecule has 0 aliphatic carbocycles. The van der Waals surface area contributed by atoms with E-state index in [1.165, 1.54) is 0 Å². The van der Waals surface area contributed by atoms with E-state index < -0.39 is 0 Å². The van der Waals surface area contributed by atoms with Gasteiger partial charge in [0.1, 0.15) is 5.76 Å². The van der Waals surface area contributed by atoms with Gasteiger partial charge in [-0.15, -0.1) is 9.24 Å². The Balaban J connectivity index is 2.76. The van der Waals surface area contributed by atoms with E-state index in [-0.39, 0.29) is 0 Å². The molecule has 2 heteroatoms. The molecule has 0 amide bonds. The zero-order valence-corrected chi connectivity index (χ0v) is 5.08. The van der Waals surface area contributed by atoms with Crippen molar-refractivity contribution in [2.75, 3.05) is 0 Å². The molecule has 0 fully saturated rings. The molecular formula is C5H7OP. The summed E-state index contributed by atoms with van der Waals surface area (Å²) in [5.41, 5.74) is 0. The minimum Gasteiger partial charge on any atom is -0.469 e. The van der Waals surface area contributed by atoms with E-state index in [2.05, 4.69) is 9.24 Å². The third-order valence-corrected chi connectivity index (χ3v) is 1.18. The first-order valence-corrected chi connectivity index (χ1v) is 2.97. The van der Waals surface area contributed by atoms with Crippen LogP contribution in [0.3, 0.4) is 0 Å². The Morgan fingerprint density at radius 2 is 2.57 bits per heavy atom. The highest BCUT2D eigenvalue weighted by atomic mass is 31.0. The minimum absolute atomic E-state index is 0.910. The average Bonchev–Trinajstić information content (AvgIpc) is 2.14. The quantitative estimate of drug-likeness (QED) is 0.506. The molecule has 1 atom stereocenters. The molecule has 7 heavy (non-hydrogen) atoms. The van der Waals surface area contributed by atoms with Crippen molar-refractivity contribution in [2.45, 2.75) is 6.16 Å². The Hall–Kier alpha value is -0.290. The van der Waals surface area contributed by atoms with Crippen LogP contribution in [0.2, 0.25) is 0 Å². The Morgan fingerprint density at radius 3 is 2.86 bits per heavy atom. The standard InChI is InChI=1S/C5H7OP/c7-4-5-2-1-3-6-5/h1-3H,4,7H2. The summed E-state index contributed by atoms with van der Waals surface area (Å²) in [7, 11) is 2.59. The lowest BCUT2D eigenvalue weighted by Crippen LogP contribution is -1.61. The molecular weight excluding hydrogens is 107 g/mol. The lowest BCUT2D eigenvalue weighted by Gasteiger charge is -1.79. The van der Waals surface area contributed by atoms with Crippen LogP contribution >= 0.6 is 9.24 Å². The van der Waals surface area contributed by atoms with Gasteiger partial charge in [-0.1, -0.05) is 0 Å². The van der Waals surface area contributed by atoms with Crippen LogP contribution in [-0.4, -0.2) is 0 Å². The molecule has 1 unspecified atom stereocenters. The molecule has 1 aromatic rings. The van der Waals surface area contributed by atoms with Gasteiger partial charge in [0.2, 0.25) is 0 Å². The SMILES string of the molecule is PCc1ccco1. The zero-order valence-electron chi connectivity index (χ0n) is 3.92. The number of furan rings is 1. The predicted molar refractivity (Wildman–Crippen MR) is 32.1 cm³/mol. The molecule has 0 bridgehead atoms. The summed E-state index contributed by atoms with van der Waals surface area (Å²) in [5.74, 6) is 1.02. The summed E-state index contributed by atoms with van der Waals surface area (Å²) >= 11 is 0. The molecule has 0 saturated carbocycles. The van der Waals surface area contributed by atoms with Crippen LogP contribution in [0, 0.1) is 0 Å². The van der Waals surface area contributed by atoms with E-state index in [1.54, 1.807) is 6.26 Å². The van der Waals surface area contributed by atoms with E-state index in [9.17, 15) is 0 Å². The highest BCUT2D eigenvalue weighted by Crippen LogP contribution is 2.03. The molecule has 1 rings (SSSR count). The van der Waals surface area contributed by atoms with Crippen molar-refractivity contribution in [3.8, 4) is 0 Å². The molecule has 0 saturated heterocycles. The normalized spacial score (nSPS) is 9.29. The second-order valence-electron chi connectivity index (χ2n) is 1.28. The van der Waals surface area contributed by atoms with Gasteiger partial charge in [0.05, 0.1) is 6.26 Å². The van der Waals surface area contributed by atoms with E-state index in [0.29, 0.717) is 0 Å². The van der Waals surface area contributed by atoms with Gasteiger partial charge in [-0.3, -0.25) is 0 Å². The van der Waals surface area contributed by atoms with Crippen molar-refractivity contribution in [3.05, 3.63) is 24.2 Å². The first kappa shape index (κ1) is 4.86. The van der Waals surface area contributed by atoms with Gasteiger partial charge in [-0.05, 0) is 12.1 Å². The van der Waals surface area contributed by atoms with Crippen molar-refractivity contribution >= 4 is 9.24 Å². The second kappa shape index (κ2) is 2.13. The van der Waals surface area contributed by atoms with Crippen LogP contribution in [-0.2, 0) is 6.16 Å². The lowest BCUT2D eigenvalue weighted by atomic mass is 10.5.